The number of pyridine rings is 1. The second-order valence-electron chi connectivity index (χ2n) is 2.67. The van der Waals surface area contributed by atoms with Gasteiger partial charge in [-0.1, -0.05) is 28.3 Å². The van der Waals surface area contributed by atoms with Crippen molar-refractivity contribution in [3.63, 3.8) is 0 Å². The van der Waals surface area contributed by atoms with Crippen LogP contribution in [0.1, 0.15) is 5.69 Å². The van der Waals surface area contributed by atoms with Gasteiger partial charge in [-0.2, -0.15) is 0 Å². The van der Waals surface area contributed by atoms with Gasteiger partial charge in [0.1, 0.15) is 11.2 Å². The Bertz CT molecular complexity index is 482. The summed E-state index contributed by atoms with van der Waals surface area (Å²) in [4.78, 5) is 4.97. The Kier molecular flexibility index (Phi) is 3.32. The van der Waals surface area contributed by atoms with E-state index in [1.54, 1.807) is 17.8 Å². The van der Waals surface area contributed by atoms with E-state index < -0.39 is 0 Å². The lowest BCUT2D eigenvalue weighted by molar-refractivity contribution is 0.318. The molecule has 82 valence electrons. The van der Waals surface area contributed by atoms with E-state index in [2.05, 4.69) is 20.3 Å². The summed E-state index contributed by atoms with van der Waals surface area (Å²) in [5.41, 5.74) is 7.49. The fourth-order valence-corrected chi connectivity index (χ4v) is 2.37. The molecule has 0 unspecified atom stereocenters. The predicted octanol–water partition coefficient (Wildman–Crippen LogP) is 1.18. The smallest absolute Gasteiger partial charge is 0.188 e. The minimum Gasteiger partial charge on any atom is -0.409 e. The van der Waals surface area contributed by atoms with Gasteiger partial charge in [0.05, 0.1) is 0 Å². The minimum absolute atomic E-state index is 0.00698. The van der Waals surface area contributed by atoms with Gasteiger partial charge in [0.25, 0.3) is 0 Å². The first kappa shape index (κ1) is 10.8. The van der Waals surface area contributed by atoms with Gasteiger partial charge >= 0.3 is 0 Å². The van der Waals surface area contributed by atoms with Crippen molar-refractivity contribution in [1.29, 1.82) is 0 Å². The van der Waals surface area contributed by atoms with Crippen LogP contribution in [0.25, 0.3) is 0 Å². The Morgan fingerprint density at radius 2 is 2.38 bits per heavy atom. The zero-order valence-corrected chi connectivity index (χ0v) is 9.57. The molecule has 0 spiro atoms. The first-order valence-corrected chi connectivity index (χ1v) is 5.87. The van der Waals surface area contributed by atoms with Crippen molar-refractivity contribution in [2.45, 2.75) is 9.24 Å². The Morgan fingerprint density at radius 1 is 1.50 bits per heavy atom. The average Bonchev–Trinajstić information content (AvgIpc) is 2.82. The highest BCUT2D eigenvalue weighted by Gasteiger charge is 2.03. The van der Waals surface area contributed by atoms with E-state index in [4.69, 9.17) is 10.9 Å². The summed E-state index contributed by atoms with van der Waals surface area (Å²) in [6.45, 7) is 0. The van der Waals surface area contributed by atoms with Crippen LogP contribution in [-0.4, -0.2) is 26.2 Å². The molecule has 2 aromatic heterocycles. The van der Waals surface area contributed by atoms with Crippen molar-refractivity contribution in [3.05, 3.63) is 29.5 Å². The summed E-state index contributed by atoms with van der Waals surface area (Å²) in [6, 6.07) is 3.50. The second-order valence-corrected chi connectivity index (χ2v) is 4.82. The number of amidine groups is 1. The molecule has 0 saturated heterocycles. The fourth-order valence-electron chi connectivity index (χ4n) is 0.952. The maximum Gasteiger partial charge on any atom is 0.188 e. The zero-order chi connectivity index (χ0) is 11.4. The summed E-state index contributed by atoms with van der Waals surface area (Å²) in [6.07, 6.45) is 1.64. The SMILES string of the molecule is N/C(=N/O)c1ccc(Sc2nncs2)cn1. The number of hydrogen-bond acceptors (Lipinski definition) is 7. The predicted molar refractivity (Wildman–Crippen MR) is 60.8 cm³/mol. The molecule has 0 aliphatic carbocycles. The molecule has 0 saturated carbocycles. The molecule has 0 aromatic carbocycles. The molecule has 2 heterocycles. The van der Waals surface area contributed by atoms with Crippen molar-refractivity contribution in [2.24, 2.45) is 10.9 Å². The highest BCUT2D eigenvalue weighted by atomic mass is 32.2. The number of aromatic nitrogens is 3. The number of nitrogens with zero attached hydrogens (tertiary/aromatic N) is 4. The molecule has 0 aliphatic rings. The van der Waals surface area contributed by atoms with Crippen LogP contribution in [0.2, 0.25) is 0 Å². The maximum absolute atomic E-state index is 8.47. The molecule has 8 heteroatoms. The van der Waals surface area contributed by atoms with Crippen LogP contribution in [0.15, 0.2) is 38.2 Å². The van der Waals surface area contributed by atoms with Gasteiger partial charge in [0.2, 0.25) is 0 Å². The summed E-state index contributed by atoms with van der Waals surface area (Å²) in [7, 11) is 0. The molecule has 0 aliphatic heterocycles. The van der Waals surface area contributed by atoms with Crippen LogP contribution >= 0.6 is 23.1 Å². The number of oxime groups is 1. The molecule has 6 nitrogen and oxygen atoms in total. The summed E-state index contributed by atoms with van der Waals surface area (Å²) >= 11 is 2.92. The lowest BCUT2D eigenvalue weighted by Gasteiger charge is -1.99. The van der Waals surface area contributed by atoms with E-state index >= 15 is 0 Å². The summed E-state index contributed by atoms with van der Waals surface area (Å²) in [5, 5.41) is 19.0. The van der Waals surface area contributed by atoms with Crippen molar-refractivity contribution < 1.29 is 5.21 Å². The molecule has 3 N–H and O–H groups in total. The molecule has 0 radical (unpaired) electrons. The van der Waals surface area contributed by atoms with Crippen LogP contribution in [0.5, 0.6) is 0 Å². The van der Waals surface area contributed by atoms with Crippen LogP contribution < -0.4 is 5.73 Å². The van der Waals surface area contributed by atoms with Crippen molar-refractivity contribution >= 4 is 28.9 Å². The van der Waals surface area contributed by atoms with Gasteiger partial charge in [-0.15, -0.1) is 10.2 Å². The first-order chi connectivity index (χ1) is 7.79. The van der Waals surface area contributed by atoms with Crippen molar-refractivity contribution in [1.82, 2.24) is 15.2 Å². The van der Waals surface area contributed by atoms with E-state index in [9.17, 15) is 0 Å². The Morgan fingerprint density at radius 3 is 2.94 bits per heavy atom. The van der Waals surface area contributed by atoms with E-state index in [0.29, 0.717) is 5.69 Å². The highest BCUT2D eigenvalue weighted by molar-refractivity contribution is 8.01. The standard InChI is InChI=1S/C8H7N5OS2/c9-7(13-14)6-2-1-5(3-10-6)16-8-12-11-4-15-8/h1-4,14H,(H2,9,13). The van der Waals surface area contributed by atoms with Crippen molar-refractivity contribution in [3.8, 4) is 0 Å². The monoisotopic (exact) mass is 253 g/mol. The fraction of sp³-hybridized carbons (Fsp3) is 0. The molecular weight excluding hydrogens is 246 g/mol. The van der Waals surface area contributed by atoms with Gasteiger partial charge in [0.15, 0.2) is 10.2 Å². The van der Waals surface area contributed by atoms with Gasteiger partial charge in [-0.3, -0.25) is 4.98 Å². The van der Waals surface area contributed by atoms with Crippen LogP contribution in [-0.2, 0) is 0 Å². The Labute approximate surface area is 99.2 Å². The first-order valence-electron chi connectivity index (χ1n) is 4.17. The molecule has 0 bridgehead atoms. The average molecular weight is 253 g/mol. The second kappa shape index (κ2) is 4.90. The van der Waals surface area contributed by atoms with Gasteiger partial charge in [-0.25, -0.2) is 0 Å². The Hall–Kier alpha value is -1.67. The molecule has 16 heavy (non-hydrogen) atoms. The lowest BCUT2D eigenvalue weighted by atomic mass is 10.3. The zero-order valence-electron chi connectivity index (χ0n) is 7.94. The van der Waals surface area contributed by atoms with E-state index in [1.165, 1.54) is 23.1 Å². The largest absolute Gasteiger partial charge is 0.409 e. The minimum atomic E-state index is -0.00698. The van der Waals surface area contributed by atoms with Gasteiger partial charge in [-0.05, 0) is 12.1 Å². The van der Waals surface area contributed by atoms with Gasteiger partial charge < -0.3 is 10.9 Å². The molecule has 2 rings (SSSR count). The number of nitrogens with two attached hydrogens (primary N) is 1. The molecule has 0 amide bonds. The molecule has 2 aromatic rings. The van der Waals surface area contributed by atoms with Crippen LogP contribution in [0, 0.1) is 0 Å². The third kappa shape index (κ3) is 2.47. The van der Waals surface area contributed by atoms with Crippen LogP contribution in [0.4, 0.5) is 0 Å². The van der Waals surface area contributed by atoms with Crippen LogP contribution in [0.3, 0.4) is 0 Å². The van der Waals surface area contributed by atoms with Gasteiger partial charge in [0, 0.05) is 11.1 Å². The third-order valence-electron chi connectivity index (χ3n) is 1.65. The number of hydrogen-bond donors (Lipinski definition) is 2. The summed E-state index contributed by atoms with van der Waals surface area (Å²) in [5.74, 6) is -0.00698. The Balaban J connectivity index is 2.14. The van der Waals surface area contributed by atoms with E-state index in [-0.39, 0.29) is 5.84 Å². The quantitative estimate of drug-likeness (QED) is 0.369. The van der Waals surface area contributed by atoms with E-state index in [1.807, 2.05) is 6.07 Å². The molecular formula is C8H7N5OS2. The topological polar surface area (TPSA) is 97.3 Å². The normalized spacial score (nSPS) is 11.6. The number of rotatable bonds is 3. The van der Waals surface area contributed by atoms with E-state index in [0.717, 1.165) is 9.24 Å². The highest BCUT2D eigenvalue weighted by Crippen LogP contribution is 2.27. The molecule has 0 atom stereocenters. The lowest BCUT2D eigenvalue weighted by Crippen LogP contribution is -2.14. The summed E-state index contributed by atoms with van der Waals surface area (Å²) < 4.78 is 0.846. The maximum atomic E-state index is 8.47. The molecule has 0 fully saturated rings. The van der Waals surface area contributed by atoms with Crippen molar-refractivity contribution in [2.75, 3.05) is 0 Å². The third-order valence-corrected chi connectivity index (χ3v) is 3.41.